The monoisotopic (exact) mass is 361 g/mol. The highest BCUT2D eigenvalue weighted by atomic mass is 19.4. The molecule has 1 aliphatic rings. The molecule has 136 valence electrons. The fourth-order valence-corrected chi connectivity index (χ4v) is 3.48. The number of aryl methyl sites for hydroxylation is 1. The molecule has 1 fully saturated rings. The van der Waals surface area contributed by atoms with Gasteiger partial charge in [-0.25, -0.2) is 0 Å². The number of benzene rings is 1. The van der Waals surface area contributed by atoms with Crippen LogP contribution in [0.2, 0.25) is 0 Å². The Hall–Kier alpha value is -2.64. The molecule has 2 aromatic heterocycles. The summed E-state index contributed by atoms with van der Waals surface area (Å²) in [5.41, 5.74) is 0.815. The molecule has 1 atom stereocenters. The van der Waals surface area contributed by atoms with Crippen LogP contribution in [0, 0.1) is 6.92 Å². The number of hydrogen-bond donors (Lipinski definition) is 0. The van der Waals surface area contributed by atoms with Gasteiger partial charge in [-0.2, -0.15) is 17.7 Å². The van der Waals surface area contributed by atoms with E-state index in [0.29, 0.717) is 18.0 Å². The number of halogens is 3. The van der Waals surface area contributed by atoms with Gasteiger partial charge < -0.3 is 4.90 Å². The Morgan fingerprint density at radius 3 is 2.77 bits per heavy atom. The van der Waals surface area contributed by atoms with E-state index in [1.54, 1.807) is 10.6 Å². The molecule has 3 heterocycles. The Morgan fingerprint density at radius 1 is 1.12 bits per heavy atom. The summed E-state index contributed by atoms with van der Waals surface area (Å²) in [7, 11) is 0. The van der Waals surface area contributed by atoms with Crippen molar-refractivity contribution in [3.63, 3.8) is 0 Å². The number of hydrogen-bond acceptors (Lipinski definition) is 4. The second-order valence-corrected chi connectivity index (χ2v) is 6.62. The van der Waals surface area contributed by atoms with E-state index in [1.165, 1.54) is 12.1 Å². The minimum Gasteiger partial charge on any atom is -0.355 e. The van der Waals surface area contributed by atoms with Gasteiger partial charge in [0.1, 0.15) is 5.82 Å². The number of aromatic nitrogens is 4. The van der Waals surface area contributed by atoms with Crippen LogP contribution in [0.5, 0.6) is 0 Å². The van der Waals surface area contributed by atoms with Gasteiger partial charge in [-0.15, -0.1) is 15.3 Å². The van der Waals surface area contributed by atoms with Crippen LogP contribution in [0.4, 0.5) is 19.0 Å². The highest BCUT2D eigenvalue weighted by Gasteiger charge is 2.31. The Balaban J connectivity index is 1.60. The summed E-state index contributed by atoms with van der Waals surface area (Å²) in [6.07, 6.45) is -2.55. The lowest BCUT2D eigenvalue weighted by Gasteiger charge is -2.34. The summed E-state index contributed by atoms with van der Waals surface area (Å²) >= 11 is 0. The molecule has 1 aromatic carbocycles. The average molecular weight is 361 g/mol. The van der Waals surface area contributed by atoms with Gasteiger partial charge in [0.2, 0.25) is 0 Å². The second kappa shape index (κ2) is 6.26. The van der Waals surface area contributed by atoms with Crippen molar-refractivity contribution in [2.45, 2.75) is 31.9 Å². The Bertz CT molecular complexity index is 934. The summed E-state index contributed by atoms with van der Waals surface area (Å²) in [4.78, 5) is 2.12. The quantitative estimate of drug-likeness (QED) is 0.696. The van der Waals surface area contributed by atoms with Crippen LogP contribution in [0.3, 0.4) is 0 Å². The van der Waals surface area contributed by atoms with Crippen molar-refractivity contribution in [3.05, 3.63) is 53.3 Å². The van der Waals surface area contributed by atoms with Gasteiger partial charge in [-0.05, 0) is 43.5 Å². The van der Waals surface area contributed by atoms with Gasteiger partial charge in [-0.3, -0.25) is 0 Å². The van der Waals surface area contributed by atoms with E-state index in [2.05, 4.69) is 20.2 Å². The molecule has 0 saturated carbocycles. The molecule has 0 radical (unpaired) electrons. The van der Waals surface area contributed by atoms with Gasteiger partial charge in [0.15, 0.2) is 11.5 Å². The van der Waals surface area contributed by atoms with E-state index in [-0.39, 0.29) is 5.92 Å². The fraction of sp³-hybridized carbons (Fsp3) is 0.389. The molecule has 1 aliphatic heterocycles. The average Bonchev–Trinajstić information content (AvgIpc) is 3.02. The SMILES string of the molecule is Cc1nnc2ccc(N3CCCC(c4cccc(C(F)(F)F)c4)C3)nn12. The van der Waals surface area contributed by atoms with Crippen molar-refractivity contribution < 1.29 is 13.2 Å². The van der Waals surface area contributed by atoms with Gasteiger partial charge in [0.25, 0.3) is 0 Å². The van der Waals surface area contributed by atoms with Gasteiger partial charge in [0.05, 0.1) is 5.56 Å². The third-order valence-electron chi connectivity index (χ3n) is 4.84. The zero-order chi connectivity index (χ0) is 18.3. The lowest BCUT2D eigenvalue weighted by Crippen LogP contribution is -2.35. The molecule has 0 bridgehead atoms. The lowest BCUT2D eigenvalue weighted by molar-refractivity contribution is -0.137. The molecule has 3 aromatic rings. The van der Waals surface area contributed by atoms with Crippen molar-refractivity contribution in [2.24, 2.45) is 0 Å². The molecule has 26 heavy (non-hydrogen) atoms. The summed E-state index contributed by atoms with van der Waals surface area (Å²) in [6, 6.07) is 9.41. The van der Waals surface area contributed by atoms with Crippen molar-refractivity contribution in [2.75, 3.05) is 18.0 Å². The van der Waals surface area contributed by atoms with Gasteiger partial charge >= 0.3 is 6.18 Å². The van der Waals surface area contributed by atoms with Crippen molar-refractivity contribution in [1.29, 1.82) is 0 Å². The maximum atomic E-state index is 13.0. The van der Waals surface area contributed by atoms with Gasteiger partial charge in [0, 0.05) is 19.0 Å². The summed E-state index contributed by atoms with van der Waals surface area (Å²) in [5, 5.41) is 12.6. The Labute approximate surface area is 148 Å². The predicted octanol–water partition coefficient (Wildman–Crippen LogP) is 3.84. The maximum absolute atomic E-state index is 13.0. The number of piperidine rings is 1. The molecular weight excluding hydrogens is 343 g/mol. The molecule has 4 rings (SSSR count). The molecule has 0 N–H and O–H groups in total. The number of rotatable bonds is 2. The zero-order valence-corrected chi connectivity index (χ0v) is 14.2. The summed E-state index contributed by atoms with van der Waals surface area (Å²) < 4.78 is 40.7. The molecule has 0 amide bonds. The van der Waals surface area contributed by atoms with Crippen LogP contribution < -0.4 is 4.90 Å². The first-order valence-corrected chi connectivity index (χ1v) is 8.53. The third kappa shape index (κ3) is 3.11. The highest BCUT2D eigenvalue weighted by Crippen LogP contribution is 2.34. The smallest absolute Gasteiger partial charge is 0.355 e. The van der Waals surface area contributed by atoms with Crippen LogP contribution >= 0.6 is 0 Å². The zero-order valence-electron chi connectivity index (χ0n) is 14.2. The van der Waals surface area contributed by atoms with E-state index in [1.807, 2.05) is 19.1 Å². The van der Waals surface area contributed by atoms with E-state index >= 15 is 0 Å². The summed E-state index contributed by atoms with van der Waals surface area (Å²) in [5.74, 6) is 1.54. The first-order chi connectivity index (χ1) is 12.4. The predicted molar refractivity (Wildman–Crippen MR) is 91.2 cm³/mol. The molecule has 1 saturated heterocycles. The van der Waals surface area contributed by atoms with Crippen molar-refractivity contribution >= 4 is 11.5 Å². The van der Waals surface area contributed by atoms with Crippen molar-refractivity contribution in [3.8, 4) is 0 Å². The molecular formula is C18H18F3N5. The van der Waals surface area contributed by atoms with Crippen LogP contribution in [0.15, 0.2) is 36.4 Å². The molecule has 0 spiro atoms. The topological polar surface area (TPSA) is 46.3 Å². The molecule has 5 nitrogen and oxygen atoms in total. The molecule has 8 heteroatoms. The van der Waals surface area contributed by atoms with Crippen LogP contribution in [0.25, 0.3) is 5.65 Å². The number of anilines is 1. The van der Waals surface area contributed by atoms with E-state index in [0.717, 1.165) is 36.8 Å². The van der Waals surface area contributed by atoms with Crippen LogP contribution in [0.1, 0.15) is 35.7 Å². The first-order valence-electron chi connectivity index (χ1n) is 8.53. The van der Waals surface area contributed by atoms with E-state index in [4.69, 9.17) is 0 Å². The van der Waals surface area contributed by atoms with E-state index in [9.17, 15) is 13.2 Å². The van der Waals surface area contributed by atoms with Crippen LogP contribution in [-0.2, 0) is 6.18 Å². The number of alkyl halides is 3. The summed E-state index contributed by atoms with van der Waals surface area (Å²) in [6.45, 7) is 3.30. The standard InChI is InChI=1S/C18H18F3N5/c1-12-22-23-16-7-8-17(24-26(12)16)25-9-3-5-14(11-25)13-4-2-6-15(10-13)18(19,20)21/h2,4,6-8,10,14H,3,5,9,11H2,1H3. The molecule has 1 unspecified atom stereocenters. The Kier molecular flexibility index (Phi) is 4.05. The molecule has 0 aliphatic carbocycles. The normalized spacial score (nSPS) is 18.5. The highest BCUT2D eigenvalue weighted by molar-refractivity contribution is 5.46. The van der Waals surface area contributed by atoms with E-state index < -0.39 is 11.7 Å². The maximum Gasteiger partial charge on any atom is 0.416 e. The number of nitrogens with zero attached hydrogens (tertiary/aromatic N) is 5. The fourth-order valence-electron chi connectivity index (χ4n) is 3.48. The lowest BCUT2D eigenvalue weighted by atomic mass is 9.89. The first kappa shape index (κ1) is 16.8. The van der Waals surface area contributed by atoms with Gasteiger partial charge in [-0.1, -0.05) is 18.2 Å². The minimum atomic E-state index is -4.32. The Morgan fingerprint density at radius 2 is 1.96 bits per heavy atom. The van der Waals surface area contributed by atoms with Crippen LogP contribution in [-0.4, -0.2) is 32.9 Å². The minimum absolute atomic E-state index is 0.0468. The number of fused-ring (bicyclic) bond motifs is 1. The largest absolute Gasteiger partial charge is 0.416 e. The third-order valence-corrected chi connectivity index (χ3v) is 4.84. The second-order valence-electron chi connectivity index (χ2n) is 6.62. The van der Waals surface area contributed by atoms with Crippen molar-refractivity contribution in [1.82, 2.24) is 19.8 Å².